The van der Waals surface area contributed by atoms with E-state index >= 15 is 0 Å². The number of methoxy groups -OCH3 is 1. The van der Waals surface area contributed by atoms with Crippen LogP contribution in [-0.2, 0) is 15.1 Å². The minimum Gasteiger partial charge on any atom is -0.390 e. The number of aliphatic hydroxyl groups excluding tert-OH is 2. The Morgan fingerprint density at radius 1 is 1.00 bits per heavy atom. The Morgan fingerprint density at radius 2 is 1.59 bits per heavy atom. The predicted molar refractivity (Wildman–Crippen MR) is 105 cm³/mol. The molecule has 0 bridgehead atoms. The first-order valence-electron chi connectivity index (χ1n) is 8.49. The third kappa shape index (κ3) is 5.21. The van der Waals surface area contributed by atoms with E-state index in [1.54, 1.807) is 48.5 Å². The fraction of sp³-hybridized carbons (Fsp3) is 0.400. The first-order chi connectivity index (χ1) is 12.8. The van der Waals surface area contributed by atoms with Crippen LogP contribution in [0.5, 0.6) is 0 Å². The summed E-state index contributed by atoms with van der Waals surface area (Å²) in [5.41, 5.74) is -0.908. The Hall–Kier alpha value is -1.18. The molecule has 0 unspecified atom stereocenters. The zero-order chi connectivity index (χ0) is 20.0. The van der Waals surface area contributed by atoms with Crippen LogP contribution in [0.25, 0.3) is 0 Å². The summed E-state index contributed by atoms with van der Waals surface area (Å²) in [4.78, 5) is 0. The smallest absolute Gasteiger partial charge is 0.147 e. The van der Waals surface area contributed by atoms with Crippen LogP contribution in [0.4, 0.5) is 0 Å². The molecule has 2 aromatic rings. The van der Waals surface area contributed by atoms with E-state index in [-0.39, 0.29) is 13.2 Å². The highest BCUT2D eigenvalue weighted by Gasteiger charge is 2.41. The van der Waals surface area contributed by atoms with Crippen molar-refractivity contribution in [3.63, 3.8) is 0 Å². The molecule has 0 spiro atoms. The van der Waals surface area contributed by atoms with E-state index in [2.05, 4.69) is 0 Å². The normalized spacial score (nSPS) is 17.1. The monoisotopic (exact) mass is 414 g/mol. The molecule has 2 aromatic carbocycles. The van der Waals surface area contributed by atoms with Gasteiger partial charge in [-0.05, 0) is 19.1 Å². The van der Waals surface area contributed by atoms with Crippen molar-refractivity contribution < 1.29 is 24.8 Å². The standard InChI is InChI=1S/C20H24Cl2O5/c1-13(23)20(25,15-8-4-6-10-17(15)22)11-18(24)19(27-12-26-2)14-7-3-5-9-16(14)21/h3-10,13,18-19,23-25H,11-12H2,1-2H3/t13-,18+,19+,20+/m1/s1. The zero-order valence-corrected chi connectivity index (χ0v) is 16.7. The third-order valence-electron chi connectivity index (χ3n) is 4.48. The third-order valence-corrected chi connectivity index (χ3v) is 5.15. The predicted octanol–water partition coefficient (Wildman–Crippen LogP) is 3.67. The van der Waals surface area contributed by atoms with Crippen molar-refractivity contribution in [3.8, 4) is 0 Å². The van der Waals surface area contributed by atoms with Gasteiger partial charge in [0.25, 0.3) is 0 Å². The fourth-order valence-electron chi connectivity index (χ4n) is 3.00. The van der Waals surface area contributed by atoms with Gasteiger partial charge in [0.2, 0.25) is 0 Å². The summed E-state index contributed by atoms with van der Waals surface area (Å²) in [6, 6.07) is 13.6. The molecule has 3 N–H and O–H groups in total. The van der Waals surface area contributed by atoms with Crippen molar-refractivity contribution in [1.29, 1.82) is 0 Å². The summed E-state index contributed by atoms with van der Waals surface area (Å²) in [5.74, 6) is 0. The first kappa shape index (κ1) is 22.1. The molecule has 2 rings (SSSR count). The van der Waals surface area contributed by atoms with Crippen LogP contribution in [0.15, 0.2) is 48.5 Å². The van der Waals surface area contributed by atoms with Crippen LogP contribution in [-0.4, -0.2) is 41.4 Å². The molecule has 0 amide bonds. The van der Waals surface area contributed by atoms with Crippen molar-refractivity contribution >= 4 is 23.2 Å². The molecular formula is C20H24Cl2O5. The largest absolute Gasteiger partial charge is 0.390 e. The highest BCUT2D eigenvalue weighted by Crippen LogP contribution is 2.39. The number of aliphatic hydroxyl groups is 3. The fourth-order valence-corrected chi connectivity index (χ4v) is 3.54. The molecule has 27 heavy (non-hydrogen) atoms. The summed E-state index contributed by atoms with van der Waals surface area (Å²) >= 11 is 12.5. The Morgan fingerprint density at radius 3 is 2.15 bits per heavy atom. The van der Waals surface area contributed by atoms with Gasteiger partial charge in [0.1, 0.15) is 18.5 Å². The summed E-state index contributed by atoms with van der Waals surface area (Å²) in [7, 11) is 1.46. The maximum atomic E-state index is 11.2. The summed E-state index contributed by atoms with van der Waals surface area (Å²) < 4.78 is 10.6. The second kappa shape index (κ2) is 9.85. The summed E-state index contributed by atoms with van der Waals surface area (Å²) in [6.45, 7) is 1.36. The van der Waals surface area contributed by atoms with Crippen LogP contribution < -0.4 is 0 Å². The van der Waals surface area contributed by atoms with E-state index < -0.39 is 23.9 Å². The number of hydrogen-bond donors (Lipinski definition) is 3. The van der Waals surface area contributed by atoms with Gasteiger partial charge in [0, 0.05) is 34.7 Å². The number of halogens is 2. The number of benzene rings is 2. The molecular weight excluding hydrogens is 391 g/mol. The van der Waals surface area contributed by atoms with Crippen LogP contribution in [0.1, 0.15) is 30.6 Å². The lowest BCUT2D eigenvalue weighted by molar-refractivity contribution is -0.150. The second-order valence-electron chi connectivity index (χ2n) is 6.37. The molecule has 0 aromatic heterocycles. The highest BCUT2D eigenvalue weighted by atomic mass is 35.5. The SMILES string of the molecule is COCO[C@@H](c1ccccc1Cl)[C@@H](O)C[C@@](O)(c1ccccc1Cl)[C@@H](C)O. The molecule has 148 valence electrons. The van der Waals surface area contributed by atoms with Gasteiger partial charge in [-0.25, -0.2) is 0 Å². The number of rotatable bonds is 9. The van der Waals surface area contributed by atoms with Crippen LogP contribution >= 0.6 is 23.2 Å². The molecule has 4 atom stereocenters. The van der Waals surface area contributed by atoms with Crippen molar-refractivity contribution in [2.75, 3.05) is 13.9 Å². The molecule has 0 fully saturated rings. The van der Waals surface area contributed by atoms with Crippen molar-refractivity contribution in [2.24, 2.45) is 0 Å². The lowest BCUT2D eigenvalue weighted by Gasteiger charge is -2.36. The summed E-state index contributed by atoms with van der Waals surface area (Å²) in [6.07, 6.45) is -3.49. The van der Waals surface area contributed by atoms with Crippen LogP contribution in [0.3, 0.4) is 0 Å². The minimum absolute atomic E-state index is 0.0772. The van der Waals surface area contributed by atoms with Crippen molar-refractivity contribution in [3.05, 3.63) is 69.7 Å². The maximum absolute atomic E-state index is 11.2. The maximum Gasteiger partial charge on any atom is 0.147 e. The molecule has 5 nitrogen and oxygen atoms in total. The lowest BCUT2D eigenvalue weighted by atomic mass is 9.82. The molecule has 0 heterocycles. The molecule has 7 heteroatoms. The van der Waals surface area contributed by atoms with Crippen molar-refractivity contribution in [1.82, 2.24) is 0 Å². The quantitative estimate of drug-likeness (QED) is 0.545. The van der Waals surface area contributed by atoms with Gasteiger partial charge in [-0.2, -0.15) is 0 Å². The second-order valence-corrected chi connectivity index (χ2v) is 7.18. The average Bonchev–Trinajstić information content (AvgIpc) is 2.63. The minimum atomic E-state index is -1.78. The topological polar surface area (TPSA) is 79.2 Å². The van der Waals surface area contributed by atoms with Gasteiger partial charge in [-0.15, -0.1) is 0 Å². The van der Waals surface area contributed by atoms with Gasteiger partial charge >= 0.3 is 0 Å². The average molecular weight is 415 g/mol. The molecule has 0 saturated heterocycles. The molecule has 0 radical (unpaired) electrons. The van der Waals surface area contributed by atoms with Crippen molar-refractivity contribution in [2.45, 2.75) is 37.3 Å². The zero-order valence-electron chi connectivity index (χ0n) is 15.2. The Balaban J connectivity index is 2.37. The highest BCUT2D eigenvalue weighted by molar-refractivity contribution is 6.31. The lowest BCUT2D eigenvalue weighted by Crippen LogP contribution is -2.42. The molecule has 0 aliphatic rings. The molecule has 0 saturated carbocycles. The van der Waals surface area contributed by atoms with Gasteiger partial charge in [-0.3, -0.25) is 0 Å². The van der Waals surface area contributed by atoms with Gasteiger partial charge < -0.3 is 24.8 Å². The molecule has 0 aliphatic carbocycles. The van der Waals surface area contributed by atoms with E-state index in [0.29, 0.717) is 21.2 Å². The molecule has 0 aliphatic heterocycles. The Labute approximate surface area is 169 Å². The van der Waals surface area contributed by atoms with E-state index in [1.807, 2.05) is 0 Å². The van der Waals surface area contributed by atoms with Crippen LogP contribution in [0.2, 0.25) is 10.0 Å². The number of hydrogen-bond acceptors (Lipinski definition) is 5. The first-order valence-corrected chi connectivity index (χ1v) is 9.25. The van der Waals surface area contributed by atoms with E-state index in [0.717, 1.165) is 0 Å². The Bertz CT molecular complexity index is 740. The number of ether oxygens (including phenoxy) is 2. The van der Waals surface area contributed by atoms with Gasteiger partial charge in [0.15, 0.2) is 0 Å². The van der Waals surface area contributed by atoms with Gasteiger partial charge in [0.05, 0.1) is 12.2 Å². The van der Waals surface area contributed by atoms with E-state index in [9.17, 15) is 15.3 Å². The Kier molecular flexibility index (Phi) is 8.06. The van der Waals surface area contributed by atoms with Crippen LogP contribution in [0, 0.1) is 0 Å². The van der Waals surface area contributed by atoms with E-state index in [1.165, 1.54) is 14.0 Å². The van der Waals surface area contributed by atoms with Gasteiger partial charge in [-0.1, -0.05) is 59.6 Å². The summed E-state index contributed by atoms with van der Waals surface area (Å²) in [5, 5.41) is 33.1. The van der Waals surface area contributed by atoms with E-state index in [4.69, 9.17) is 32.7 Å².